The summed E-state index contributed by atoms with van der Waals surface area (Å²) >= 11 is 0. The van der Waals surface area contributed by atoms with Crippen LogP contribution < -0.4 is 0 Å². The third-order valence-corrected chi connectivity index (χ3v) is 4.25. The Kier molecular flexibility index (Phi) is 6.66. The van der Waals surface area contributed by atoms with Crippen molar-refractivity contribution >= 4 is 12.0 Å². The maximum Gasteiger partial charge on any atom is 0.222 e. The fourth-order valence-corrected chi connectivity index (χ4v) is 2.94. The number of hydrogen-bond donors (Lipinski definition) is 0. The molecule has 0 saturated carbocycles. The van der Waals surface area contributed by atoms with Crippen LogP contribution in [-0.2, 0) is 4.79 Å². The van der Waals surface area contributed by atoms with Gasteiger partial charge in [-0.2, -0.15) is 0 Å². The van der Waals surface area contributed by atoms with Gasteiger partial charge < -0.3 is 4.90 Å². The molecule has 3 heteroatoms. The molecule has 0 aromatic heterocycles. The average molecular weight is 300 g/mol. The molecule has 1 atom stereocenters. The van der Waals surface area contributed by atoms with Gasteiger partial charge in [0.25, 0.3) is 0 Å². The van der Waals surface area contributed by atoms with Crippen LogP contribution in [0.15, 0.2) is 36.4 Å². The zero-order chi connectivity index (χ0) is 15.8. The molecule has 2 rings (SSSR count). The Bertz CT molecular complexity index is 483. The number of benzene rings is 1. The van der Waals surface area contributed by atoms with Crippen molar-refractivity contribution in [2.75, 3.05) is 26.2 Å². The lowest BCUT2D eigenvalue weighted by Crippen LogP contribution is -2.53. The van der Waals surface area contributed by atoms with Crippen molar-refractivity contribution in [1.29, 1.82) is 0 Å². The van der Waals surface area contributed by atoms with Gasteiger partial charge in [-0.05, 0) is 18.9 Å². The van der Waals surface area contributed by atoms with Crippen LogP contribution in [0.5, 0.6) is 0 Å². The predicted molar refractivity (Wildman–Crippen MR) is 92.6 cm³/mol. The first-order valence-corrected chi connectivity index (χ1v) is 8.44. The second kappa shape index (κ2) is 8.74. The Labute approximate surface area is 134 Å². The Morgan fingerprint density at radius 2 is 2.05 bits per heavy atom. The number of carbonyl (C=O) groups is 1. The van der Waals surface area contributed by atoms with Gasteiger partial charge in [-0.15, -0.1) is 0 Å². The molecule has 0 radical (unpaired) electrons. The standard InChI is InChI=1S/C19H28N2O/c1-3-4-12-19(22)21-15-14-20(16-17(21)2)13-8-11-18-9-6-5-7-10-18/h5-11,17H,3-4,12-16H2,1-2H3/b11-8+. The number of carbonyl (C=O) groups excluding carboxylic acids is 1. The summed E-state index contributed by atoms with van der Waals surface area (Å²) in [6.45, 7) is 8.06. The highest BCUT2D eigenvalue weighted by atomic mass is 16.2. The van der Waals surface area contributed by atoms with Crippen LogP contribution in [-0.4, -0.2) is 47.9 Å². The van der Waals surface area contributed by atoms with Crippen LogP contribution >= 0.6 is 0 Å². The summed E-state index contributed by atoms with van der Waals surface area (Å²) in [5.74, 6) is 0.328. The normalized spacial score (nSPS) is 19.7. The fraction of sp³-hybridized carbons (Fsp3) is 0.526. The van der Waals surface area contributed by atoms with E-state index in [4.69, 9.17) is 0 Å². The van der Waals surface area contributed by atoms with Gasteiger partial charge >= 0.3 is 0 Å². The summed E-state index contributed by atoms with van der Waals surface area (Å²) in [6, 6.07) is 10.7. The van der Waals surface area contributed by atoms with Gasteiger partial charge in [0.05, 0.1) is 0 Å². The largest absolute Gasteiger partial charge is 0.337 e. The first kappa shape index (κ1) is 16.8. The van der Waals surface area contributed by atoms with Crippen LogP contribution in [0.4, 0.5) is 0 Å². The molecular weight excluding hydrogens is 272 g/mol. The van der Waals surface area contributed by atoms with Gasteiger partial charge in [-0.25, -0.2) is 0 Å². The number of piperazine rings is 1. The van der Waals surface area contributed by atoms with Gasteiger partial charge in [0.2, 0.25) is 5.91 Å². The van der Waals surface area contributed by atoms with E-state index in [1.165, 1.54) is 5.56 Å². The summed E-state index contributed by atoms with van der Waals surface area (Å²) in [5.41, 5.74) is 1.24. The van der Waals surface area contributed by atoms with E-state index in [2.05, 4.69) is 60.1 Å². The van der Waals surface area contributed by atoms with Crippen molar-refractivity contribution in [3.8, 4) is 0 Å². The average Bonchev–Trinajstić information content (AvgIpc) is 2.54. The van der Waals surface area contributed by atoms with E-state index >= 15 is 0 Å². The highest BCUT2D eigenvalue weighted by Gasteiger charge is 2.26. The van der Waals surface area contributed by atoms with Crippen LogP contribution in [0.1, 0.15) is 38.7 Å². The third kappa shape index (κ3) is 4.99. The van der Waals surface area contributed by atoms with Gasteiger partial charge in [0.15, 0.2) is 0 Å². The van der Waals surface area contributed by atoms with E-state index in [0.717, 1.165) is 39.0 Å². The van der Waals surface area contributed by atoms with E-state index in [1.807, 2.05) is 6.07 Å². The maximum absolute atomic E-state index is 12.2. The molecule has 1 aliphatic heterocycles. The van der Waals surface area contributed by atoms with Crippen molar-refractivity contribution in [2.24, 2.45) is 0 Å². The van der Waals surface area contributed by atoms with Gasteiger partial charge in [-0.3, -0.25) is 9.69 Å². The molecule has 22 heavy (non-hydrogen) atoms. The van der Waals surface area contributed by atoms with E-state index in [0.29, 0.717) is 18.4 Å². The third-order valence-electron chi connectivity index (χ3n) is 4.25. The van der Waals surface area contributed by atoms with Crippen molar-refractivity contribution in [3.63, 3.8) is 0 Å². The SMILES string of the molecule is CCCCC(=O)N1CCN(C/C=C/c2ccccc2)CC1C. The molecule has 120 valence electrons. The summed E-state index contributed by atoms with van der Waals surface area (Å²) in [6.07, 6.45) is 7.19. The summed E-state index contributed by atoms with van der Waals surface area (Å²) in [5, 5.41) is 0. The molecule has 1 aromatic rings. The Morgan fingerprint density at radius 1 is 1.27 bits per heavy atom. The highest BCUT2D eigenvalue weighted by Crippen LogP contribution is 2.12. The van der Waals surface area contributed by atoms with Crippen molar-refractivity contribution in [1.82, 2.24) is 9.80 Å². The Morgan fingerprint density at radius 3 is 2.73 bits per heavy atom. The van der Waals surface area contributed by atoms with Crippen molar-refractivity contribution < 1.29 is 4.79 Å². The fourth-order valence-electron chi connectivity index (χ4n) is 2.94. The minimum Gasteiger partial charge on any atom is -0.337 e. The molecule has 1 amide bonds. The van der Waals surface area contributed by atoms with Gasteiger partial charge in [0.1, 0.15) is 0 Å². The zero-order valence-electron chi connectivity index (χ0n) is 13.9. The monoisotopic (exact) mass is 300 g/mol. The molecule has 1 unspecified atom stereocenters. The van der Waals surface area contributed by atoms with E-state index in [9.17, 15) is 4.79 Å². The molecule has 0 spiro atoms. The molecule has 3 nitrogen and oxygen atoms in total. The second-order valence-electron chi connectivity index (χ2n) is 6.11. The Hall–Kier alpha value is -1.61. The molecule has 1 aromatic carbocycles. The summed E-state index contributed by atoms with van der Waals surface area (Å²) < 4.78 is 0. The number of amides is 1. The van der Waals surface area contributed by atoms with Crippen molar-refractivity contribution in [2.45, 2.75) is 39.2 Å². The van der Waals surface area contributed by atoms with E-state index in [1.54, 1.807) is 0 Å². The lowest BCUT2D eigenvalue weighted by molar-refractivity contribution is -0.135. The topological polar surface area (TPSA) is 23.6 Å². The minimum atomic E-state index is 0.322. The van der Waals surface area contributed by atoms with Crippen molar-refractivity contribution in [3.05, 3.63) is 42.0 Å². The molecular formula is C19H28N2O. The number of nitrogens with zero attached hydrogens (tertiary/aromatic N) is 2. The second-order valence-corrected chi connectivity index (χ2v) is 6.11. The maximum atomic E-state index is 12.2. The van der Waals surface area contributed by atoms with Crippen LogP contribution in [0.2, 0.25) is 0 Å². The smallest absolute Gasteiger partial charge is 0.222 e. The van der Waals surface area contributed by atoms with Crippen LogP contribution in [0.25, 0.3) is 6.08 Å². The highest BCUT2D eigenvalue weighted by molar-refractivity contribution is 5.76. The lowest BCUT2D eigenvalue weighted by atomic mass is 10.1. The van der Waals surface area contributed by atoms with Gasteiger partial charge in [-0.1, -0.05) is 55.8 Å². The number of hydrogen-bond acceptors (Lipinski definition) is 2. The summed E-state index contributed by atoms with van der Waals surface area (Å²) in [7, 11) is 0. The first-order valence-electron chi connectivity index (χ1n) is 8.44. The molecule has 1 aliphatic rings. The minimum absolute atomic E-state index is 0.322. The zero-order valence-corrected chi connectivity index (χ0v) is 13.9. The van der Waals surface area contributed by atoms with E-state index < -0.39 is 0 Å². The number of unbranched alkanes of at least 4 members (excludes halogenated alkanes) is 1. The Balaban J connectivity index is 1.78. The molecule has 1 fully saturated rings. The molecule has 1 saturated heterocycles. The lowest BCUT2D eigenvalue weighted by Gasteiger charge is -2.39. The molecule has 0 N–H and O–H groups in total. The van der Waals surface area contributed by atoms with Crippen LogP contribution in [0.3, 0.4) is 0 Å². The quantitative estimate of drug-likeness (QED) is 0.803. The van der Waals surface area contributed by atoms with E-state index in [-0.39, 0.29) is 0 Å². The first-order chi connectivity index (χ1) is 10.7. The molecule has 1 heterocycles. The van der Waals surface area contributed by atoms with Gasteiger partial charge in [0, 0.05) is 38.6 Å². The number of rotatable bonds is 6. The predicted octanol–water partition coefficient (Wildman–Crippen LogP) is 3.42. The molecule has 0 bridgehead atoms. The summed E-state index contributed by atoms with van der Waals surface area (Å²) in [4.78, 5) is 16.7. The molecule has 0 aliphatic carbocycles. The van der Waals surface area contributed by atoms with Crippen LogP contribution in [0, 0.1) is 0 Å².